The van der Waals surface area contributed by atoms with Crippen LogP contribution < -0.4 is 5.32 Å². The van der Waals surface area contributed by atoms with Crippen molar-refractivity contribution >= 4 is 34.3 Å². The van der Waals surface area contributed by atoms with Crippen molar-refractivity contribution in [1.82, 2.24) is 5.32 Å². The molecule has 4 heteroatoms. The SMILES string of the molecule is CC1CC1NC(c1cccs1)c1ccc(Cl)s1. The van der Waals surface area contributed by atoms with Gasteiger partial charge >= 0.3 is 0 Å². The zero-order valence-corrected chi connectivity index (χ0v) is 11.9. The highest BCUT2D eigenvalue weighted by Crippen LogP contribution is 2.38. The topological polar surface area (TPSA) is 12.0 Å². The monoisotopic (exact) mass is 283 g/mol. The van der Waals surface area contributed by atoms with E-state index < -0.39 is 0 Å². The van der Waals surface area contributed by atoms with Crippen LogP contribution in [0.25, 0.3) is 0 Å². The number of nitrogens with one attached hydrogen (secondary N) is 1. The Morgan fingerprint density at radius 1 is 1.35 bits per heavy atom. The van der Waals surface area contributed by atoms with Crippen LogP contribution in [0.5, 0.6) is 0 Å². The van der Waals surface area contributed by atoms with Crippen molar-refractivity contribution in [2.75, 3.05) is 0 Å². The van der Waals surface area contributed by atoms with Crippen LogP contribution in [0.1, 0.15) is 29.1 Å². The van der Waals surface area contributed by atoms with Crippen LogP contribution in [0.2, 0.25) is 4.34 Å². The molecule has 1 fully saturated rings. The number of hydrogen-bond acceptors (Lipinski definition) is 3. The molecule has 2 heterocycles. The van der Waals surface area contributed by atoms with Gasteiger partial charge in [-0.25, -0.2) is 0 Å². The van der Waals surface area contributed by atoms with Crippen LogP contribution in [0.3, 0.4) is 0 Å². The Balaban J connectivity index is 1.85. The molecule has 3 rings (SSSR count). The highest BCUT2D eigenvalue weighted by Gasteiger charge is 2.35. The van der Waals surface area contributed by atoms with Crippen LogP contribution in [-0.2, 0) is 0 Å². The maximum atomic E-state index is 6.04. The molecule has 2 aromatic heterocycles. The van der Waals surface area contributed by atoms with Gasteiger partial charge in [0.15, 0.2) is 0 Å². The quantitative estimate of drug-likeness (QED) is 0.868. The first-order valence-electron chi connectivity index (χ1n) is 5.78. The van der Waals surface area contributed by atoms with E-state index in [0.29, 0.717) is 12.1 Å². The van der Waals surface area contributed by atoms with E-state index in [9.17, 15) is 0 Å². The number of thiophene rings is 2. The fourth-order valence-electron chi connectivity index (χ4n) is 2.01. The lowest BCUT2D eigenvalue weighted by molar-refractivity contribution is 0.592. The third kappa shape index (κ3) is 2.58. The molecule has 3 unspecified atom stereocenters. The molecule has 0 bridgehead atoms. The Morgan fingerprint density at radius 3 is 2.71 bits per heavy atom. The molecule has 0 amide bonds. The predicted octanol–water partition coefficient (Wildman–Crippen LogP) is 4.55. The zero-order chi connectivity index (χ0) is 11.8. The lowest BCUT2D eigenvalue weighted by Crippen LogP contribution is -2.24. The van der Waals surface area contributed by atoms with Crippen molar-refractivity contribution in [1.29, 1.82) is 0 Å². The first-order valence-corrected chi connectivity index (χ1v) is 7.86. The van der Waals surface area contributed by atoms with Crippen molar-refractivity contribution in [3.8, 4) is 0 Å². The summed E-state index contributed by atoms with van der Waals surface area (Å²) >= 11 is 9.52. The summed E-state index contributed by atoms with van der Waals surface area (Å²) in [5.41, 5.74) is 0. The molecule has 1 nitrogen and oxygen atoms in total. The van der Waals surface area contributed by atoms with E-state index in [1.54, 1.807) is 11.3 Å². The van der Waals surface area contributed by atoms with Crippen molar-refractivity contribution in [3.63, 3.8) is 0 Å². The summed E-state index contributed by atoms with van der Waals surface area (Å²) in [6, 6.07) is 9.42. The molecule has 1 N–H and O–H groups in total. The average molecular weight is 284 g/mol. The molecule has 0 aromatic carbocycles. The highest BCUT2D eigenvalue weighted by molar-refractivity contribution is 7.16. The summed E-state index contributed by atoms with van der Waals surface area (Å²) in [7, 11) is 0. The predicted molar refractivity (Wildman–Crippen MR) is 76.2 cm³/mol. The average Bonchev–Trinajstić information content (AvgIpc) is 2.79. The summed E-state index contributed by atoms with van der Waals surface area (Å²) in [6.45, 7) is 2.30. The fraction of sp³-hybridized carbons (Fsp3) is 0.385. The molecule has 0 aliphatic heterocycles. The van der Waals surface area contributed by atoms with Gasteiger partial charge in [-0.2, -0.15) is 0 Å². The first-order chi connectivity index (χ1) is 8.24. The third-order valence-electron chi connectivity index (χ3n) is 3.20. The second kappa shape index (κ2) is 4.73. The molecule has 3 atom stereocenters. The van der Waals surface area contributed by atoms with Crippen LogP contribution in [0.15, 0.2) is 29.6 Å². The van der Waals surface area contributed by atoms with E-state index in [-0.39, 0.29) is 0 Å². The summed E-state index contributed by atoms with van der Waals surface area (Å²) in [5, 5.41) is 5.87. The van der Waals surface area contributed by atoms with Gasteiger partial charge < -0.3 is 5.32 Å². The van der Waals surface area contributed by atoms with Gasteiger partial charge in [0.05, 0.1) is 10.4 Å². The summed E-state index contributed by atoms with van der Waals surface area (Å²) < 4.78 is 0.868. The maximum Gasteiger partial charge on any atom is 0.0931 e. The summed E-state index contributed by atoms with van der Waals surface area (Å²) in [4.78, 5) is 2.69. The molecule has 0 radical (unpaired) electrons. The van der Waals surface area contributed by atoms with Crippen molar-refractivity contribution in [2.24, 2.45) is 5.92 Å². The van der Waals surface area contributed by atoms with E-state index in [1.165, 1.54) is 16.2 Å². The van der Waals surface area contributed by atoms with E-state index in [4.69, 9.17) is 11.6 Å². The van der Waals surface area contributed by atoms with Gasteiger partial charge in [-0.05, 0) is 35.9 Å². The fourth-order valence-corrected chi connectivity index (χ4v) is 4.03. The second-order valence-electron chi connectivity index (χ2n) is 4.58. The zero-order valence-electron chi connectivity index (χ0n) is 9.52. The van der Waals surface area contributed by atoms with Gasteiger partial charge in [-0.15, -0.1) is 22.7 Å². The van der Waals surface area contributed by atoms with Gasteiger partial charge in [-0.3, -0.25) is 0 Å². The molecule has 1 aliphatic carbocycles. The van der Waals surface area contributed by atoms with Crippen molar-refractivity contribution < 1.29 is 0 Å². The third-order valence-corrected chi connectivity index (χ3v) is 5.43. The molecule has 17 heavy (non-hydrogen) atoms. The largest absolute Gasteiger partial charge is 0.302 e. The summed E-state index contributed by atoms with van der Waals surface area (Å²) in [6.07, 6.45) is 1.29. The lowest BCUT2D eigenvalue weighted by Gasteiger charge is -2.15. The van der Waals surface area contributed by atoms with Crippen LogP contribution in [-0.4, -0.2) is 6.04 Å². The normalized spacial score (nSPS) is 24.8. The van der Waals surface area contributed by atoms with E-state index >= 15 is 0 Å². The number of rotatable bonds is 4. The minimum Gasteiger partial charge on any atom is -0.302 e. The molecular weight excluding hydrogens is 270 g/mol. The molecule has 90 valence electrons. The Morgan fingerprint density at radius 2 is 2.18 bits per heavy atom. The molecule has 2 aromatic rings. The maximum absolute atomic E-state index is 6.04. The van der Waals surface area contributed by atoms with Gasteiger partial charge in [-0.1, -0.05) is 24.6 Å². The smallest absolute Gasteiger partial charge is 0.0931 e. The van der Waals surface area contributed by atoms with Gasteiger partial charge in [0, 0.05) is 15.8 Å². The Labute approximate surface area is 114 Å². The Bertz CT molecular complexity index is 491. The van der Waals surface area contributed by atoms with E-state index in [2.05, 4.69) is 35.8 Å². The van der Waals surface area contributed by atoms with Gasteiger partial charge in [0.1, 0.15) is 0 Å². The Kier molecular flexibility index (Phi) is 3.26. The Hall–Kier alpha value is -0.350. The van der Waals surface area contributed by atoms with E-state index in [0.717, 1.165) is 10.3 Å². The van der Waals surface area contributed by atoms with Crippen LogP contribution in [0, 0.1) is 5.92 Å². The van der Waals surface area contributed by atoms with Crippen molar-refractivity contribution in [2.45, 2.75) is 25.4 Å². The molecule has 1 saturated carbocycles. The van der Waals surface area contributed by atoms with E-state index in [1.807, 2.05) is 17.4 Å². The molecule has 0 saturated heterocycles. The second-order valence-corrected chi connectivity index (χ2v) is 7.30. The highest BCUT2D eigenvalue weighted by atomic mass is 35.5. The molecular formula is C13H14ClNS2. The number of hydrogen-bond donors (Lipinski definition) is 1. The van der Waals surface area contributed by atoms with Gasteiger partial charge in [0.25, 0.3) is 0 Å². The minimum atomic E-state index is 0.322. The lowest BCUT2D eigenvalue weighted by atomic mass is 10.2. The van der Waals surface area contributed by atoms with Crippen LogP contribution >= 0.6 is 34.3 Å². The summed E-state index contributed by atoms with van der Waals surface area (Å²) in [5.74, 6) is 0.813. The molecule has 0 spiro atoms. The van der Waals surface area contributed by atoms with Gasteiger partial charge in [0.2, 0.25) is 0 Å². The van der Waals surface area contributed by atoms with Crippen LogP contribution in [0.4, 0.5) is 0 Å². The molecule has 1 aliphatic rings. The number of halogens is 1. The first kappa shape index (κ1) is 11.7. The van der Waals surface area contributed by atoms with Crippen molar-refractivity contribution in [3.05, 3.63) is 43.7 Å². The standard InChI is InChI=1S/C13H14ClNS2/c1-8-7-9(8)15-13(10-3-2-6-16-10)11-4-5-12(14)17-11/h2-6,8-9,13,15H,7H2,1H3. The minimum absolute atomic E-state index is 0.322.